The van der Waals surface area contributed by atoms with Crippen LogP contribution in [0.4, 0.5) is 0 Å². The number of β-amino-alcohol motifs (C(OH)–C–C–N with tert-alkyl or cyclic N) is 1. The maximum Gasteiger partial charge on any atom is 0.0912 e. The summed E-state index contributed by atoms with van der Waals surface area (Å²) in [5.74, 6) is 0. The Labute approximate surface area is 126 Å². The second-order valence-electron chi connectivity index (χ2n) is 5.89. The van der Waals surface area contributed by atoms with Gasteiger partial charge in [0.25, 0.3) is 0 Å². The van der Waals surface area contributed by atoms with E-state index in [4.69, 9.17) is 5.73 Å². The molecular formula is C18H22N2O. The van der Waals surface area contributed by atoms with E-state index in [2.05, 4.69) is 53.4 Å². The van der Waals surface area contributed by atoms with E-state index in [1.807, 2.05) is 12.1 Å². The monoisotopic (exact) mass is 282 g/mol. The molecule has 1 aliphatic rings. The van der Waals surface area contributed by atoms with Crippen LogP contribution in [-0.4, -0.2) is 35.2 Å². The zero-order chi connectivity index (χ0) is 14.7. The van der Waals surface area contributed by atoms with Crippen molar-refractivity contribution in [3.8, 4) is 0 Å². The van der Waals surface area contributed by atoms with Gasteiger partial charge in [-0.1, -0.05) is 60.7 Å². The van der Waals surface area contributed by atoms with Crippen LogP contribution in [-0.2, 0) is 0 Å². The standard InChI is InChI=1S/C18H22N2O/c19-12-11-18(21)13-20(14-18)17(15-7-3-1-4-8-15)16-9-5-2-6-10-16/h1-10,17,21H,11-14,19H2. The lowest BCUT2D eigenvalue weighted by Crippen LogP contribution is -2.63. The normalized spacial score (nSPS) is 17.7. The molecule has 1 heterocycles. The van der Waals surface area contributed by atoms with E-state index >= 15 is 0 Å². The van der Waals surface area contributed by atoms with Crippen molar-refractivity contribution in [1.29, 1.82) is 0 Å². The number of hydrogen-bond donors (Lipinski definition) is 2. The third kappa shape index (κ3) is 3.00. The Bertz CT molecular complexity index is 525. The molecule has 0 saturated carbocycles. The highest BCUT2D eigenvalue weighted by Gasteiger charge is 2.44. The van der Waals surface area contributed by atoms with E-state index < -0.39 is 5.60 Å². The smallest absolute Gasteiger partial charge is 0.0912 e. The van der Waals surface area contributed by atoms with Gasteiger partial charge >= 0.3 is 0 Å². The van der Waals surface area contributed by atoms with E-state index in [1.54, 1.807) is 0 Å². The first kappa shape index (κ1) is 14.3. The third-order valence-corrected chi connectivity index (χ3v) is 4.20. The molecule has 110 valence electrons. The van der Waals surface area contributed by atoms with Gasteiger partial charge < -0.3 is 10.8 Å². The van der Waals surface area contributed by atoms with E-state index in [1.165, 1.54) is 11.1 Å². The van der Waals surface area contributed by atoms with Crippen LogP contribution in [0.25, 0.3) is 0 Å². The highest BCUT2D eigenvalue weighted by atomic mass is 16.3. The highest BCUT2D eigenvalue weighted by Crippen LogP contribution is 2.36. The molecule has 1 aliphatic heterocycles. The molecule has 3 N–H and O–H groups in total. The van der Waals surface area contributed by atoms with Crippen LogP contribution in [0.5, 0.6) is 0 Å². The third-order valence-electron chi connectivity index (χ3n) is 4.20. The molecule has 1 fully saturated rings. The molecule has 0 amide bonds. The van der Waals surface area contributed by atoms with Gasteiger partial charge in [-0.2, -0.15) is 0 Å². The summed E-state index contributed by atoms with van der Waals surface area (Å²) in [5.41, 5.74) is 7.50. The van der Waals surface area contributed by atoms with E-state index in [9.17, 15) is 5.11 Å². The van der Waals surface area contributed by atoms with Crippen molar-refractivity contribution in [1.82, 2.24) is 4.90 Å². The number of benzene rings is 2. The average Bonchev–Trinajstić information content (AvgIpc) is 2.48. The molecule has 0 radical (unpaired) electrons. The van der Waals surface area contributed by atoms with Crippen molar-refractivity contribution in [2.45, 2.75) is 18.1 Å². The molecule has 0 atom stereocenters. The predicted octanol–water partition coefficient (Wildman–Crippen LogP) is 2.17. The second-order valence-corrected chi connectivity index (χ2v) is 5.89. The molecule has 0 spiro atoms. The fourth-order valence-corrected chi connectivity index (χ4v) is 3.20. The zero-order valence-electron chi connectivity index (χ0n) is 12.2. The lowest BCUT2D eigenvalue weighted by Gasteiger charge is -2.50. The van der Waals surface area contributed by atoms with Gasteiger partial charge in [-0.05, 0) is 24.1 Å². The van der Waals surface area contributed by atoms with Gasteiger partial charge in [-0.25, -0.2) is 0 Å². The molecule has 3 rings (SSSR count). The highest BCUT2D eigenvalue weighted by molar-refractivity contribution is 5.32. The van der Waals surface area contributed by atoms with Crippen LogP contribution in [0.2, 0.25) is 0 Å². The molecule has 21 heavy (non-hydrogen) atoms. The topological polar surface area (TPSA) is 49.5 Å². The van der Waals surface area contributed by atoms with Gasteiger partial charge in [-0.15, -0.1) is 0 Å². The number of rotatable bonds is 5. The molecule has 0 unspecified atom stereocenters. The van der Waals surface area contributed by atoms with Crippen molar-refractivity contribution in [2.24, 2.45) is 5.73 Å². The SMILES string of the molecule is NCCC1(O)CN(C(c2ccccc2)c2ccccc2)C1. The first-order valence-electron chi connectivity index (χ1n) is 7.48. The van der Waals surface area contributed by atoms with Crippen LogP contribution >= 0.6 is 0 Å². The van der Waals surface area contributed by atoms with Gasteiger partial charge in [0.05, 0.1) is 11.6 Å². The van der Waals surface area contributed by atoms with Gasteiger partial charge in [-0.3, -0.25) is 4.90 Å². The van der Waals surface area contributed by atoms with Gasteiger partial charge in [0.15, 0.2) is 0 Å². The van der Waals surface area contributed by atoms with Crippen LogP contribution in [0.1, 0.15) is 23.6 Å². The molecule has 0 aliphatic carbocycles. The first-order chi connectivity index (χ1) is 10.2. The van der Waals surface area contributed by atoms with E-state index in [0.717, 1.165) is 0 Å². The summed E-state index contributed by atoms with van der Waals surface area (Å²) >= 11 is 0. The minimum atomic E-state index is -0.615. The number of nitrogens with two attached hydrogens (primary N) is 1. The lowest BCUT2D eigenvalue weighted by atomic mass is 9.85. The molecule has 1 saturated heterocycles. The van der Waals surface area contributed by atoms with E-state index in [-0.39, 0.29) is 6.04 Å². The average molecular weight is 282 g/mol. The van der Waals surface area contributed by atoms with Crippen molar-refractivity contribution in [3.63, 3.8) is 0 Å². The Balaban J connectivity index is 1.85. The molecule has 2 aromatic carbocycles. The minimum absolute atomic E-state index is 0.199. The number of likely N-dealkylation sites (tertiary alicyclic amines) is 1. The summed E-state index contributed by atoms with van der Waals surface area (Å²) in [5, 5.41) is 10.4. The lowest BCUT2D eigenvalue weighted by molar-refractivity contribution is -0.113. The minimum Gasteiger partial charge on any atom is -0.387 e. The Morgan fingerprint density at radius 1 is 0.952 bits per heavy atom. The van der Waals surface area contributed by atoms with E-state index in [0.29, 0.717) is 26.1 Å². The number of aliphatic hydroxyl groups is 1. The molecule has 3 heteroatoms. The first-order valence-corrected chi connectivity index (χ1v) is 7.48. The maximum atomic E-state index is 10.4. The summed E-state index contributed by atoms with van der Waals surface area (Å²) in [6, 6.07) is 21.1. The Kier molecular flexibility index (Phi) is 4.06. The Hall–Kier alpha value is -1.68. The molecule has 3 nitrogen and oxygen atoms in total. The quantitative estimate of drug-likeness (QED) is 0.883. The van der Waals surface area contributed by atoms with Crippen LogP contribution in [0.15, 0.2) is 60.7 Å². The van der Waals surface area contributed by atoms with Crippen LogP contribution < -0.4 is 5.73 Å². The van der Waals surface area contributed by atoms with Crippen molar-refractivity contribution >= 4 is 0 Å². The fourth-order valence-electron chi connectivity index (χ4n) is 3.20. The summed E-state index contributed by atoms with van der Waals surface area (Å²) < 4.78 is 0. The summed E-state index contributed by atoms with van der Waals surface area (Å²) in [4.78, 5) is 2.32. The molecule has 2 aromatic rings. The zero-order valence-corrected chi connectivity index (χ0v) is 12.2. The van der Waals surface area contributed by atoms with Gasteiger partial charge in [0.2, 0.25) is 0 Å². The largest absolute Gasteiger partial charge is 0.387 e. The van der Waals surface area contributed by atoms with Gasteiger partial charge in [0.1, 0.15) is 0 Å². The molecule has 0 bridgehead atoms. The Morgan fingerprint density at radius 2 is 1.43 bits per heavy atom. The second kappa shape index (κ2) is 5.98. The number of hydrogen-bond acceptors (Lipinski definition) is 3. The predicted molar refractivity (Wildman–Crippen MR) is 84.9 cm³/mol. The van der Waals surface area contributed by atoms with Gasteiger partial charge in [0, 0.05) is 13.1 Å². The van der Waals surface area contributed by atoms with Crippen LogP contribution in [0, 0.1) is 0 Å². The van der Waals surface area contributed by atoms with Crippen molar-refractivity contribution in [3.05, 3.63) is 71.8 Å². The van der Waals surface area contributed by atoms with Crippen LogP contribution in [0.3, 0.4) is 0 Å². The van der Waals surface area contributed by atoms with Crippen molar-refractivity contribution in [2.75, 3.05) is 19.6 Å². The maximum absolute atomic E-state index is 10.4. The summed E-state index contributed by atoms with van der Waals surface area (Å²) in [6.07, 6.45) is 0.666. The molecular weight excluding hydrogens is 260 g/mol. The number of nitrogens with zero attached hydrogens (tertiary/aromatic N) is 1. The fraction of sp³-hybridized carbons (Fsp3) is 0.333. The van der Waals surface area contributed by atoms with Crippen molar-refractivity contribution < 1.29 is 5.11 Å². The Morgan fingerprint density at radius 3 is 1.86 bits per heavy atom. The molecule has 0 aromatic heterocycles. The summed E-state index contributed by atoms with van der Waals surface area (Å²) in [6.45, 7) is 1.89. The summed E-state index contributed by atoms with van der Waals surface area (Å²) in [7, 11) is 0.